The van der Waals surface area contributed by atoms with Gasteiger partial charge in [-0.3, -0.25) is 0 Å². The lowest BCUT2D eigenvalue weighted by Gasteiger charge is -2.30. The van der Waals surface area contributed by atoms with Crippen molar-refractivity contribution in [1.29, 1.82) is 0 Å². The molecule has 0 radical (unpaired) electrons. The summed E-state index contributed by atoms with van der Waals surface area (Å²) in [5.74, 6) is 0.359. The van der Waals surface area contributed by atoms with Crippen LogP contribution in [0.4, 0.5) is 13.6 Å². The van der Waals surface area contributed by atoms with E-state index in [0.717, 1.165) is 18.4 Å². The Hall–Kier alpha value is -1.94. The Bertz CT molecular complexity index is 705. The highest BCUT2D eigenvalue weighted by molar-refractivity contribution is 7.88. The second-order valence-corrected chi connectivity index (χ2v) is 8.50. The number of benzene rings is 1. The quantitative estimate of drug-likeness (QED) is 0.690. The zero-order chi connectivity index (χ0) is 19.9. The van der Waals surface area contributed by atoms with Crippen molar-refractivity contribution in [3.05, 3.63) is 29.8 Å². The molecule has 2 N–H and O–H groups in total. The van der Waals surface area contributed by atoms with E-state index >= 15 is 0 Å². The summed E-state index contributed by atoms with van der Waals surface area (Å²) < 4.78 is 52.8. The van der Waals surface area contributed by atoms with E-state index < -0.39 is 16.6 Å². The number of carbonyl (C=O) groups excluding carboxylic acids is 1. The van der Waals surface area contributed by atoms with E-state index in [1.54, 1.807) is 12.1 Å². The summed E-state index contributed by atoms with van der Waals surface area (Å²) in [6.45, 7) is -0.966. The normalized spacial score (nSPS) is 16.3. The molecule has 0 aliphatic carbocycles. The smallest absolute Gasteiger partial charge is 0.387 e. The summed E-state index contributed by atoms with van der Waals surface area (Å²) >= 11 is 0. The zero-order valence-electron chi connectivity index (χ0n) is 15.2. The SMILES string of the molecule is CS(=O)(=O)N1CCC(CNC(=O)NCCc2ccc(OC(F)F)cc2)CC1. The van der Waals surface area contributed by atoms with Crippen molar-refractivity contribution in [2.24, 2.45) is 5.92 Å². The first-order chi connectivity index (χ1) is 12.7. The van der Waals surface area contributed by atoms with Gasteiger partial charge in [-0.2, -0.15) is 8.78 Å². The van der Waals surface area contributed by atoms with Crippen LogP contribution < -0.4 is 15.4 Å². The van der Waals surface area contributed by atoms with E-state index in [2.05, 4.69) is 15.4 Å². The predicted molar refractivity (Wildman–Crippen MR) is 97.3 cm³/mol. The Kier molecular flexibility index (Phi) is 7.78. The number of hydrogen-bond donors (Lipinski definition) is 2. The van der Waals surface area contributed by atoms with Crippen LogP contribution in [0.5, 0.6) is 5.75 Å². The molecule has 1 saturated heterocycles. The van der Waals surface area contributed by atoms with Gasteiger partial charge < -0.3 is 15.4 Å². The molecular weight excluding hydrogens is 380 g/mol. The second kappa shape index (κ2) is 9.84. The van der Waals surface area contributed by atoms with Crippen molar-refractivity contribution >= 4 is 16.1 Å². The number of piperidine rings is 1. The minimum absolute atomic E-state index is 0.0985. The van der Waals surface area contributed by atoms with Gasteiger partial charge in [0.1, 0.15) is 5.75 Å². The average Bonchev–Trinajstić information content (AvgIpc) is 2.60. The van der Waals surface area contributed by atoms with Crippen molar-refractivity contribution in [2.45, 2.75) is 25.9 Å². The Balaban J connectivity index is 1.61. The first-order valence-corrected chi connectivity index (χ1v) is 10.6. The van der Waals surface area contributed by atoms with Crippen LogP contribution in [0.15, 0.2) is 24.3 Å². The fourth-order valence-corrected chi connectivity index (χ4v) is 3.78. The summed E-state index contributed by atoms with van der Waals surface area (Å²) in [4.78, 5) is 11.8. The molecule has 2 rings (SSSR count). The van der Waals surface area contributed by atoms with Crippen molar-refractivity contribution < 1.29 is 26.7 Å². The number of ether oxygens (including phenoxy) is 1. The molecule has 0 unspecified atom stereocenters. The monoisotopic (exact) mass is 405 g/mol. The lowest BCUT2D eigenvalue weighted by atomic mass is 9.98. The van der Waals surface area contributed by atoms with E-state index in [1.165, 1.54) is 22.7 Å². The van der Waals surface area contributed by atoms with Gasteiger partial charge in [-0.05, 0) is 42.9 Å². The van der Waals surface area contributed by atoms with Crippen molar-refractivity contribution in [2.75, 3.05) is 32.4 Å². The topological polar surface area (TPSA) is 87.7 Å². The van der Waals surface area contributed by atoms with Gasteiger partial charge in [0.2, 0.25) is 10.0 Å². The molecule has 0 atom stereocenters. The van der Waals surface area contributed by atoms with Crippen LogP contribution in [-0.2, 0) is 16.4 Å². The van der Waals surface area contributed by atoms with Gasteiger partial charge in [-0.15, -0.1) is 0 Å². The van der Waals surface area contributed by atoms with Crippen LogP contribution >= 0.6 is 0 Å². The molecule has 27 heavy (non-hydrogen) atoms. The number of nitrogens with one attached hydrogen (secondary N) is 2. The van der Waals surface area contributed by atoms with Crippen LogP contribution in [0.1, 0.15) is 18.4 Å². The Morgan fingerprint density at radius 3 is 2.41 bits per heavy atom. The third-order valence-electron chi connectivity index (χ3n) is 4.44. The molecule has 0 saturated carbocycles. The minimum atomic E-state index is -3.14. The van der Waals surface area contributed by atoms with Crippen molar-refractivity contribution in [1.82, 2.24) is 14.9 Å². The van der Waals surface area contributed by atoms with Gasteiger partial charge in [0, 0.05) is 26.2 Å². The van der Waals surface area contributed by atoms with Crippen LogP contribution in [0.2, 0.25) is 0 Å². The number of halogens is 2. The van der Waals surface area contributed by atoms with Crippen molar-refractivity contribution in [3.63, 3.8) is 0 Å². The Morgan fingerprint density at radius 2 is 1.85 bits per heavy atom. The fourth-order valence-electron chi connectivity index (χ4n) is 2.90. The maximum atomic E-state index is 12.1. The maximum Gasteiger partial charge on any atom is 0.387 e. The van der Waals surface area contributed by atoms with Gasteiger partial charge in [-0.1, -0.05) is 12.1 Å². The number of nitrogens with zero attached hydrogens (tertiary/aromatic N) is 1. The van der Waals surface area contributed by atoms with Crippen LogP contribution in [0.25, 0.3) is 0 Å². The van der Waals surface area contributed by atoms with Gasteiger partial charge in [0.15, 0.2) is 0 Å². The molecule has 1 heterocycles. The highest BCUT2D eigenvalue weighted by atomic mass is 32.2. The lowest BCUT2D eigenvalue weighted by Crippen LogP contribution is -2.43. The number of amides is 2. The number of hydrogen-bond acceptors (Lipinski definition) is 4. The molecule has 1 fully saturated rings. The summed E-state index contributed by atoms with van der Waals surface area (Å²) in [5, 5.41) is 5.54. The number of rotatable bonds is 8. The molecule has 1 aliphatic heterocycles. The summed E-state index contributed by atoms with van der Waals surface area (Å²) in [5.41, 5.74) is 0.894. The summed E-state index contributed by atoms with van der Waals surface area (Å²) in [6, 6.07) is 5.99. The van der Waals surface area contributed by atoms with Gasteiger partial charge in [0.25, 0.3) is 0 Å². The Morgan fingerprint density at radius 1 is 1.22 bits per heavy atom. The highest BCUT2D eigenvalue weighted by Crippen LogP contribution is 2.18. The molecule has 1 aliphatic rings. The van der Waals surface area contributed by atoms with Crippen LogP contribution in [-0.4, -0.2) is 57.8 Å². The summed E-state index contributed by atoms with van der Waals surface area (Å²) in [7, 11) is -3.14. The van der Waals surface area contributed by atoms with E-state index in [4.69, 9.17) is 0 Å². The third-order valence-corrected chi connectivity index (χ3v) is 5.74. The van der Waals surface area contributed by atoms with Gasteiger partial charge in [0.05, 0.1) is 6.26 Å². The number of carbonyl (C=O) groups is 1. The molecule has 0 bridgehead atoms. The number of alkyl halides is 2. The minimum Gasteiger partial charge on any atom is -0.435 e. The second-order valence-electron chi connectivity index (χ2n) is 6.51. The molecule has 0 aromatic heterocycles. The van der Waals surface area contributed by atoms with E-state index in [-0.39, 0.29) is 17.7 Å². The molecule has 7 nitrogen and oxygen atoms in total. The molecule has 0 spiro atoms. The van der Waals surface area contributed by atoms with E-state index in [0.29, 0.717) is 32.6 Å². The van der Waals surface area contributed by atoms with Gasteiger partial charge in [-0.25, -0.2) is 17.5 Å². The van der Waals surface area contributed by atoms with E-state index in [9.17, 15) is 22.0 Å². The van der Waals surface area contributed by atoms with Crippen molar-refractivity contribution in [3.8, 4) is 5.75 Å². The molecule has 1 aromatic carbocycles. The molecule has 1 aromatic rings. The highest BCUT2D eigenvalue weighted by Gasteiger charge is 2.24. The first kappa shape index (κ1) is 21.4. The summed E-state index contributed by atoms with van der Waals surface area (Å²) in [6.07, 6.45) is 3.22. The van der Waals surface area contributed by atoms with Crippen LogP contribution in [0.3, 0.4) is 0 Å². The maximum absolute atomic E-state index is 12.1. The zero-order valence-corrected chi connectivity index (χ0v) is 16.0. The first-order valence-electron chi connectivity index (χ1n) is 8.74. The van der Waals surface area contributed by atoms with Gasteiger partial charge >= 0.3 is 12.6 Å². The number of urea groups is 1. The molecule has 2 amide bonds. The number of sulfonamides is 1. The third kappa shape index (κ3) is 7.67. The van der Waals surface area contributed by atoms with Crippen LogP contribution in [0, 0.1) is 5.92 Å². The standard InChI is InChI=1S/C17H25F2N3O4S/c1-27(24,25)22-10-7-14(8-11-22)12-21-17(23)20-9-6-13-2-4-15(5-3-13)26-16(18)19/h2-5,14,16H,6-12H2,1H3,(H2,20,21,23). The fraction of sp³-hybridized carbons (Fsp3) is 0.588. The predicted octanol–water partition coefficient (Wildman–Crippen LogP) is 1.80. The molecule has 152 valence electrons. The Labute approximate surface area is 158 Å². The lowest BCUT2D eigenvalue weighted by molar-refractivity contribution is -0.0498. The van der Waals surface area contributed by atoms with E-state index in [1.807, 2.05) is 0 Å². The molecular formula is C17H25F2N3O4S. The molecule has 10 heteroatoms. The average molecular weight is 405 g/mol. The largest absolute Gasteiger partial charge is 0.435 e.